The van der Waals surface area contributed by atoms with E-state index in [-0.39, 0.29) is 0 Å². The minimum atomic E-state index is -2.36. The Labute approximate surface area is 102 Å². The van der Waals surface area contributed by atoms with E-state index in [1.165, 1.54) is 19.3 Å². The van der Waals surface area contributed by atoms with Crippen molar-refractivity contribution in [3.63, 3.8) is 0 Å². The molecule has 1 saturated heterocycles. The van der Waals surface area contributed by atoms with Gasteiger partial charge in [0.05, 0.1) is 6.61 Å². The molecule has 0 aromatic rings. The van der Waals surface area contributed by atoms with E-state index in [1.54, 1.807) is 0 Å². The zero-order valence-electron chi connectivity index (χ0n) is 10.6. The Morgan fingerprint density at radius 3 is 2.88 bits per heavy atom. The second kappa shape index (κ2) is 8.78. The van der Waals surface area contributed by atoms with Gasteiger partial charge in [0.15, 0.2) is 0 Å². The molecule has 2 N–H and O–H groups in total. The highest BCUT2D eigenvalue weighted by molar-refractivity contribution is 4.76. The quantitative estimate of drug-likeness (QED) is 0.644. The molecule has 3 nitrogen and oxygen atoms in total. The fraction of sp³-hybridized carbons (Fsp3) is 1.00. The Morgan fingerprint density at radius 1 is 1.41 bits per heavy atom. The van der Waals surface area contributed by atoms with Gasteiger partial charge in [-0.3, -0.25) is 0 Å². The second-order valence-corrected chi connectivity index (χ2v) is 4.70. The Kier molecular flexibility index (Phi) is 7.64. The SMILES string of the molecule is CC(CC1CCCCN1)NCCOCC(F)F. The number of halogens is 2. The van der Waals surface area contributed by atoms with E-state index < -0.39 is 13.0 Å². The van der Waals surface area contributed by atoms with Gasteiger partial charge in [-0.1, -0.05) is 6.42 Å². The van der Waals surface area contributed by atoms with Crippen LogP contribution in [0.25, 0.3) is 0 Å². The van der Waals surface area contributed by atoms with Crippen molar-refractivity contribution in [3.8, 4) is 0 Å². The Hall–Kier alpha value is -0.260. The highest BCUT2D eigenvalue weighted by atomic mass is 19.3. The van der Waals surface area contributed by atoms with Crippen molar-refractivity contribution < 1.29 is 13.5 Å². The maximum Gasteiger partial charge on any atom is 0.261 e. The summed E-state index contributed by atoms with van der Waals surface area (Å²) in [5, 5.41) is 6.79. The molecule has 0 spiro atoms. The van der Waals surface area contributed by atoms with E-state index in [9.17, 15) is 8.78 Å². The summed E-state index contributed by atoms with van der Waals surface area (Å²) < 4.78 is 28.4. The van der Waals surface area contributed by atoms with Gasteiger partial charge in [0.25, 0.3) is 6.43 Å². The maximum absolute atomic E-state index is 11.8. The van der Waals surface area contributed by atoms with Crippen molar-refractivity contribution >= 4 is 0 Å². The van der Waals surface area contributed by atoms with Crippen LogP contribution in [-0.4, -0.2) is 44.8 Å². The van der Waals surface area contributed by atoms with Crippen LogP contribution in [0.3, 0.4) is 0 Å². The molecule has 102 valence electrons. The highest BCUT2D eigenvalue weighted by Crippen LogP contribution is 2.11. The van der Waals surface area contributed by atoms with Gasteiger partial charge in [-0.15, -0.1) is 0 Å². The lowest BCUT2D eigenvalue weighted by molar-refractivity contribution is 0.0182. The molecule has 0 aromatic carbocycles. The van der Waals surface area contributed by atoms with Crippen LogP contribution in [0, 0.1) is 0 Å². The van der Waals surface area contributed by atoms with E-state index >= 15 is 0 Å². The van der Waals surface area contributed by atoms with Gasteiger partial charge in [0, 0.05) is 18.6 Å². The molecule has 0 aromatic heterocycles. The Balaban J connectivity index is 1.95. The summed E-state index contributed by atoms with van der Waals surface area (Å²) in [4.78, 5) is 0. The topological polar surface area (TPSA) is 33.3 Å². The summed E-state index contributed by atoms with van der Waals surface area (Å²) in [6.45, 7) is 3.78. The van der Waals surface area contributed by atoms with Crippen molar-refractivity contribution in [2.75, 3.05) is 26.3 Å². The van der Waals surface area contributed by atoms with E-state index in [1.807, 2.05) is 0 Å². The standard InChI is InChI=1S/C12H24F2N2O/c1-10(8-11-4-2-3-5-16-11)15-6-7-17-9-12(13)14/h10-12,15-16H,2-9H2,1H3. The number of rotatable bonds is 8. The predicted molar refractivity (Wildman–Crippen MR) is 64.5 cm³/mol. The van der Waals surface area contributed by atoms with Crippen LogP contribution in [0.2, 0.25) is 0 Å². The van der Waals surface area contributed by atoms with Gasteiger partial charge in [-0.05, 0) is 32.7 Å². The van der Waals surface area contributed by atoms with E-state index in [0.717, 1.165) is 13.0 Å². The number of ether oxygens (including phenoxy) is 1. The van der Waals surface area contributed by atoms with Crippen molar-refractivity contribution in [3.05, 3.63) is 0 Å². The number of hydrogen-bond acceptors (Lipinski definition) is 3. The van der Waals surface area contributed by atoms with Crippen LogP contribution in [0.1, 0.15) is 32.6 Å². The third-order valence-corrected chi connectivity index (χ3v) is 3.03. The first-order valence-electron chi connectivity index (χ1n) is 6.51. The van der Waals surface area contributed by atoms with E-state index in [2.05, 4.69) is 17.6 Å². The smallest absolute Gasteiger partial charge is 0.261 e. The van der Waals surface area contributed by atoms with Crippen LogP contribution < -0.4 is 10.6 Å². The van der Waals surface area contributed by atoms with E-state index in [4.69, 9.17) is 4.74 Å². The van der Waals surface area contributed by atoms with Gasteiger partial charge >= 0.3 is 0 Å². The van der Waals surface area contributed by atoms with Gasteiger partial charge in [-0.2, -0.15) is 0 Å². The molecule has 0 radical (unpaired) electrons. The van der Waals surface area contributed by atoms with Gasteiger partial charge in [0.1, 0.15) is 6.61 Å². The first kappa shape index (κ1) is 14.8. The van der Waals surface area contributed by atoms with Crippen LogP contribution in [0.5, 0.6) is 0 Å². The highest BCUT2D eigenvalue weighted by Gasteiger charge is 2.15. The molecule has 1 aliphatic rings. The van der Waals surface area contributed by atoms with Crippen molar-refractivity contribution in [2.24, 2.45) is 0 Å². The van der Waals surface area contributed by atoms with Crippen LogP contribution in [-0.2, 0) is 4.74 Å². The number of piperidine rings is 1. The number of nitrogens with one attached hydrogen (secondary N) is 2. The molecule has 0 bridgehead atoms. The Morgan fingerprint density at radius 2 is 2.24 bits per heavy atom. The Bertz CT molecular complexity index is 187. The summed E-state index contributed by atoms with van der Waals surface area (Å²) >= 11 is 0. The third-order valence-electron chi connectivity index (χ3n) is 3.03. The molecular weight excluding hydrogens is 226 g/mol. The fourth-order valence-electron chi connectivity index (χ4n) is 2.19. The minimum Gasteiger partial charge on any atom is -0.374 e. The zero-order chi connectivity index (χ0) is 12.5. The normalized spacial score (nSPS) is 22.9. The molecule has 0 amide bonds. The lowest BCUT2D eigenvalue weighted by Crippen LogP contribution is -2.40. The average Bonchev–Trinajstić information content (AvgIpc) is 2.29. The summed E-state index contributed by atoms with van der Waals surface area (Å²) in [5.74, 6) is 0. The molecule has 1 rings (SSSR count). The molecular formula is C12H24F2N2O. The van der Waals surface area contributed by atoms with E-state index in [0.29, 0.717) is 25.2 Å². The molecule has 1 fully saturated rings. The average molecular weight is 250 g/mol. The van der Waals surface area contributed by atoms with Gasteiger partial charge < -0.3 is 15.4 Å². The number of hydrogen-bond donors (Lipinski definition) is 2. The molecule has 2 unspecified atom stereocenters. The number of alkyl halides is 2. The summed E-state index contributed by atoms with van der Waals surface area (Å²) in [5.41, 5.74) is 0. The zero-order valence-corrected chi connectivity index (χ0v) is 10.6. The van der Waals surface area contributed by atoms with Gasteiger partial charge in [0.2, 0.25) is 0 Å². The van der Waals surface area contributed by atoms with Crippen LogP contribution in [0.4, 0.5) is 8.78 Å². The monoisotopic (exact) mass is 250 g/mol. The molecule has 1 heterocycles. The lowest BCUT2D eigenvalue weighted by Gasteiger charge is -2.26. The first-order chi connectivity index (χ1) is 8.18. The molecule has 17 heavy (non-hydrogen) atoms. The van der Waals surface area contributed by atoms with Crippen molar-refractivity contribution in [1.82, 2.24) is 10.6 Å². The van der Waals surface area contributed by atoms with Crippen molar-refractivity contribution in [2.45, 2.75) is 51.1 Å². The predicted octanol–water partition coefficient (Wildman–Crippen LogP) is 1.78. The molecule has 0 saturated carbocycles. The molecule has 1 aliphatic heterocycles. The largest absolute Gasteiger partial charge is 0.374 e. The van der Waals surface area contributed by atoms with Crippen LogP contribution >= 0.6 is 0 Å². The summed E-state index contributed by atoms with van der Waals surface area (Å²) in [6, 6.07) is 1.01. The second-order valence-electron chi connectivity index (χ2n) is 4.70. The summed E-state index contributed by atoms with van der Waals surface area (Å²) in [6.07, 6.45) is 2.56. The summed E-state index contributed by atoms with van der Waals surface area (Å²) in [7, 11) is 0. The lowest BCUT2D eigenvalue weighted by atomic mass is 9.99. The first-order valence-corrected chi connectivity index (χ1v) is 6.51. The fourth-order valence-corrected chi connectivity index (χ4v) is 2.19. The minimum absolute atomic E-state index is 0.354. The molecule has 2 atom stereocenters. The molecule has 5 heteroatoms. The molecule has 0 aliphatic carbocycles. The third kappa shape index (κ3) is 7.63. The maximum atomic E-state index is 11.8. The van der Waals surface area contributed by atoms with Gasteiger partial charge in [-0.25, -0.2) is 8.78 Å². The van der Waals surface area contributed by atoms with Crippen molar-refractivity contribution in [1.29, 1.82) is 0 Å². The van der Waals surface area contributed by atoms with Crippen LogP contribution in [0.15, 0.2) is 0 Å².